The lowest BCUT2D eigenvalue weighted by molar-refractivity contribution is 0.126. The van der Waals surface area contributed by atoms with Crippen LogP contribution in [0.4, 0.5) is 5.82 Å². The van der Waals surface area contributed by atoms with Gasteiger partial charge < -0.3 is 10.4 Å². The molecule has 1 aliphatic rings. The first-order chi connectivity index (χ1) is 11.7. The maximum Gasteiger partial charge on any atom is 0.165 e. The average molecular weight is 322 g/mol. The number of aromatic nitrogens is 3. The van der Waals surface area contributed by atoms with Gasteiger partial charge in [-0.25, -0.2) is 9.50 Å². The molecule has 2 N–H and O–H groups in total. The molecule has 124 valence electrons. The van der Waals surface area contributed by atoms with Crippen molar-refractivity contribution in [3.8, 4) is 11.1 Å². The number of nitrogens with zero attached hydrogens (tertiary/aromatic N) is 3. The lowest BCUT2D eigenvalue weighted by Gasteiger charge is -2.26. The van der Waals surface area contributed by atoms with Gasteiger partial charge in [-0.15, -0.1) is 0 Å². The second-order valence-electron chi connectivity index (χ2n) is 6.66. The lowest BCUT2D eigenvalue weighted by Crippen LogP contribution is -2.28. The molecule has 0 aliphatic heterocycles. The highest BCUT2D eigenvalue weighted by atomic mass is 16.3. The smallest absolute Gasteiger partial charge is 0.165 e. The van der Waals surface area contributed by atoms with E-state index in [4.69, 9.17) is 4.98 Å². The Hall–Kier alpha value is -2.40. The fourth-order valence-electron chi connectivity index (χ4n) is 3.39. The SMILES string of the molecule is Cc1cccc(-c2cnn3ccc(N[C@H]4CC[C@H](O)CC4)nc23)c1. The van der Waals surface area contributed by atoms with E-state index in [0.717, 1.165) is 48.3 Å². The number of aryl methyl sites for hydroxylation is 1. The topological polar surface area (TPSA) is 62.5 Å². The standard InChI is InChI=1S/C19H22N4O/c1-13-3-2-4-14(11-13)17-12-20-23-10-9-18(22-19(17)23)21-15-5-7-16(24)8-6-15/h2-4,9-12,15-16,24H,5-8H2,1H3,(H,21,22)/t15-,16-. The van der Waals surface area contributed by atoms with Crippen molar-refractivity contribution in [1.29, 1.82) is 0 Å². The van der Waals surface area contributed by atoms with Gasteiger partial charge in [0.2, 0.25) is 0 Å². The highest BCUT2D eigenvalue weighted by Gasteiger charge is 2.19. The fourth-order valence-corrected chi connectivity index (χ4v) is 3.39. The Morgan fingerprint density at radius 2 is 2.00 bits per heavy atom. The zero-order valence-electron chi connectivity index (χ0n) is 13.8. The Kier molecular flexibility index (Phi) is 3.94. The van der Waals surface area contributed by atoms with Crippen molar-refractivity contribution >= 4 is 11.5 Å². The summed E-state index contributed by atoms with van der Waals surface area (Å²) >= 11 is 0. The predicted octanol–water partition coefficient (Wildman–Crippen LogP) is 3.42. The van der Waals surface area contributed by atoms with Gasteiger partial charge >= 0.3 is 0 Å². The summed E-state index contributed by atoms with van der Waals surface area (Å²) in [6.07, 6.45) is 7.37. The van der Waals surface area contributed by atoms with Gasteiger partial charge in [0.25, 0.3) is 0 Å². The van der Waals surface area contributed by atoms with Gasteiger partial charge in [0.1, 0.15) is 5.82 Å². The summed E-state index contributed by atoms with van der Waals surface area (Å²) in [4.78, 5) is 4.78. The number of hydrogen-bond donors (Lipinski definition) is 2. The monoisotopic (exact) mass is 322 g/mol. The summed E-state index contributed by atoms with van der Waals surface area (Å²) in [5.74, 6) is 0.873. The van der Waals surface area contributed by atoms with E-state index in [1.807, 2.05) is 23.0 Å². The number of fused-ring (bicyclic) bond motifs is 1. The third kappa shape index (κ3) is 2.99. The molecular formula is C19H22N4O. The van der Waals surface area contributed by atoms with Gasteiger partial charge in [0, 0.05) is 17.8 Å². The first-order valence-electron chi connectivity index (χ1n) is 8.55. The number of hydrogen-bond acceptors (Lipinski definition) is 4. The molecule has 3 aromatic rings. The number of aliphatic hydroxyl groups is 1. The molecule has 24 heavy (non-hydrogen) atoms. The summed E-state index contributed by atoms with van der Waals surface area (Å²) in [6, 6.07) is 10.7. The minimum Gasteiger partial charge on any atom is -0.393 e. The van der Waals surface area contributed by atoms with Crippen LogP contribution in [0.2, 0.25) is 0 Å². The Bertz CT molecular complexity index is 849. The van der Waals surface area contributed by atoms with E-state index in [1.165, 1.54) is 5.56 Å². The van der Waals surface area contributed by atoms with Crippen molar-refractivity contribution in [3.63, 3.8) is 0 Å². The van der Waals surface area contributed by atoms with E-state index in [9.17, 15) is 5.11 Å². The first kappa shape index (κ1) is 15.1. The highest BCUT2D eigenvalue weighted by molar-refractivity contribution is 5.78. The van der Waals surface area contributed by atoms with Crippen LogP contribution in [-0.2, 0) is 0 Å². The zero-order chi connectivity index (χ0) is 16.5. The molecule has 0 spiro atoms. The van der Waals surface area contributed by atoms with E-state index in [2.05, 4.69) is 41.6 Å². The molecule has 1 aliphatic carbocycles. The van der Waals surface area contributed by atoms with Gasteiger partial charge in [-0.3, -0.25) is 0 Å². The molecule has 0 bridgehead atoms. The van der Waals surface area contributed by atoms with Crippen molar-refractivity contribution in [2.75, 3.05) is 5.32 Å². The Balaban J connectivity index is 1.63. The molecule has 1 aromatic carbocycles. The van der Waals surface area contributed by atoms with Crippen LogP contribution in [0.5, 0.6) is 0 Å². The normalized spacial score (nSPS) is 21.1. The summed E-state index contributed by atoms with van der Waals surface area (Å²) in [7, 11) is 0. The molecule has 0 unspecified atom stereocenters. The predicted molar refractivity (Wildman–Crippen MR) is 95.0 cm³/mol. The fraction of sp³-hybridized carbons (Fsp3) is 0.368. The molecule has 4 rings (SSSR count). The second-order valence-corrected chi connectivity index (χ2v) is 6.66. The maximum absolute atomic E-state index is 9.64. The van der Waals surface area contributed by atoms with Gasteiger partial charge in [-0.1, -0.05) is 29.8 Å². The number of aliphatic hydroxyl groups excluding tert-OH is 1. The molecule has 2 heterocycles. The van der Waals surface area contributed by atoms with Crippen molar-refractivity contribution in [3.05, 3.63) is 48.3 Å². The Labute approximate surface area is 141 Å². The van der Waals surface area contributed by atoms with Crippen molar-refractivity contribution in [2.24, 2.45) is 0 Å². The molecule has 0 amide bonds. The first-order valence-corrected chi connectivity index (χ1v) is 8.55. The summed E-state index contributed by atoms with van der Waals surface area (Å²) in [6.45, 7) is 2.09. The summed E-state index contributed by atoms with van der Waals surface area (Å²) < 4.78 is 1.81. The molecule has 0 saturated heterocycles. The van der Waals surface area contributed by atoms with Crippen LogP contribution in [0, 0.1) is 6.92 Å². The third-order valence-electron chi connectivity index (χ3n) is 4.75. The summed E-state index contributed by atoms with van der Waals surface area (Å²) in [5, 5.41) is 17.6. The molecule has 2 aromatic heterocycles. The molecule has 5 heteroatoms. The third-order valence-corrected chi connectivity index (χ3v) is 4.75. The average Bonchev–Trinajstić information content (AvgIpc) is 3.00. The largest absolute Gasteiger partial charge is 0.393 e. The Morgan fingerprint density at radius 1 is 1.17 bits per heavy atom. The highest BCUT2D eigenvalue weighted by Crippen LogP contribution is 2.26. The van der Waals surface area contributed by atoms with Gasteiger partial charge in [-0.05, 0) is 44.2 Å². The van der Waals surface area contributed by atoms with E-state index in [-0.39, 0.29) is 6.10 Å². The number of rotatable bonds is 3. The van der Waals surface area contributed by atoms with Crippen LogP contribution in [0.15, 0.2) is 42.7 Å². The van der Waals surface area contributed by atoms with Crippen LogP contribution in [-0.4, -0.2) is 31.9 Å². The lowest BCUT2D eigenvalue weighted by atomic mass is 9.93. The van der Waals surface area contributed by atoms with Crippen LogP contribution in [0.25, 0.3) is 16.8 Å². The van der Waals surface area contributed by atoms with Gasteiger partial charge in [-0.2, -0.15) is 5.10 Å². The van der Waals surface area contributed by atoms with Gasteiger partial charge in [0.15, 0.2) is 5.65 Å². The van der Waals surface area contributed by atoms with Crippen LogP contribution < -0.4 is 5.32 Å². The molecular weight excluding hydrogens is 300 g/mol. The number of nitrogens with one attached hydrogen (secondary N) is 1. The molecule has 0 atom stereocenters. The molecule has 0 radical (unpaired) electrons. The number of anilines is 1. The van der Waals surface area contributed by atoms with Crippen molar-refractivity contribution in [1.82, 2.24) is 14.6 Å². The van der Waals surface area contributed by atoms with Gasteiger partial charge in [0.05, 0.1) is 12.3 Å². The van der Waals surface area contributed by atoms with E-state index >= 15 is 0 Å². The number of benzene rings is 1. The zero-order valence-corrected chi connectivity index (χ0v) is 13.8. The van der Waals surface area contributed by atoms with Crippen LogP contribution in [0.1, 0.15) is 31.2 Å². The van der Waals surface area contributed by atoms with Crippen LogP contribution >= 0.6 is 0 Å². The summed E-state index contributed by atoms with van der Waals surface area (Å²) in [5.41, 5.74) is 4.26. The van der Waals surface area contributed by atoms with Crippen LogP contribution in [0.3, 0.4) is 0 Å². The molecule has 1 fully saturated rings. The quantitative estimate of drug-likeness (QED) is 0.775. The van der Waals surface area contributed by atoms with E-state index in [1.54, 1.807) is 0 Å². The Morgan fingerprint density at radius 3 is 2.79 bits per heavy atom. The van der Waals surface area contributed by atoms with Crippen molar-refractivity contribution in [2.45, 2.75) is 44.8 Å². The molecule has 5 nitrogen and oxygen atoms in total. The maximum atomic E-state index is 9.64. The molecule has 1 saturated carbocycles. The minimum atomic E-state index is -0.138. The van der Waals surface area contributed by atoms with E-state index in [0.29, 0.717) is 6.04 Å². The van der Waals surface area contributed by atoms with E-state index < -0.39 is 0 Å². The van der Waals surface area contributed by atoms with Crippen molar-refractivity contribution < 1.29 is 5.11 Å². The second kappa shape index (κ2) is 6.24. The minimum absolute atomic E-state index is 0.138.